The largest absolute Gasteiger partial charge is 0.348 e. The quantitative estimate of drug-likeness (QED) is 0.495. The molecule has 4 rings (SSSR count). The van der Waals surface area contributed by atoms with Crippen molar-refractivity contribution in [1.82, 2.24) is 19.5 Å². The van der Waals surface area contributed by atoms with Crippen LogP contribution in [0.15, 0.2) is 73.3 Å². The molecule has 0 aliphatic rings. The summed E-state index contributed by atoms with van der Waals surface area (Å²) in [6, 6.07) is 13.5. The summed E-state index contributed by atoms with van der Waals surface area (Å²) in [5, 5.41) is 0. The van der Waals surface area contributed by atoms with Crippen LogP contribution < -0.4 is 0 Å². The molecule has 3 aromatic heterocycles. The summed E-state index contributed by atoms with van der Waals surface area (Å²) in [5.41, 5.74) is 3.57. The SMILES string of the molecule is Cn1cc(-c2cnc(-c3cccc(F)c3)nc2)cc1C(=O)Cc1ccccn1. The van der Waals surface area contributed by atoms with E-state index in [4.69, 9.17) is 0 Å². The number of carbonyl (C=O) groups excluding carboxylic acids is 1. The van der Waals surface area contributed by atoms with E-state index < -0.39 is 0 Å². The lowest BCUT2D eigenvalue weighted by atomic mass is 10.1. The minimum Gasteiger partial charge on any atom is -0.348 e. The molecule has 0 aliphatic heterocycles. The first kappa shape index (κ1) is 17.7. The van der Waals surface area contributed by atoms with Gasteiger partial charge in [-0.3, -0.25) is 9.78 Å². The van der Waals surface area contributed by atoms with E-state index >= 15 is 0 Å². The summed E-state index contributed by atoms with van der Waals surface area (Å²) in [6.07, 6.45) is 7.14. The summed E-state index contributed by atoms with van der Waals surface area (Å²) in [6.45, 7) is 0. The van der Waals surface area contributed by atoms with E-state index in [2.05, 4.69) is 15.0 Å². The molecule has 4 aromatic rings. The first-order chi connectivity index (χ1) is 13.6. The van der Waals surface area contributed by atoms with Crippen LogP contribution in [0.1, 0.15) is 16.2 Å². The van der Waals surface area contributed by atoms with Crippen molar-refractivity contribution in [2.75, 3.05) is 0 Å². The topological polar surface area (TPSA) is 60.7 Å². The summed E-state index contributed by atoms with van der Waals surface area (Å²) in [4.78, 5) is 25.5. The van der Waals surface area contributed by atoms with E-state index in [-0.39, 0.29) is 18.0 Å². The number of Topliss-reactive ketones (excluding diaryl/α,β-unsaturated/α-hetero) is 1. The van der Waals surface area contributed by atoms with Gasteiger partial charge in [-0.05, 0) is 30.3 Å². The zero-order valence-electron chi connectivity index (χ0n) is 15.2. The first-order valence-corrected chi connectivity index (χ1v) is 8.78. The number of rotatable bonds is 5. The molecule has 0 bridgehead atoms. The Labute approximate surface area is 161 Å². The number of pyridine rings is 1. The number of hydrogen-bond acceptors (Lipinski definition) is 4. The molecule has 0 spiro atoms. The fraction of sp³-hybridized carbons (Fsp3) is 0.0909. The Morgan fingerprint density at radius 1 is 0.964 bits per heavy atom. The molecule has 0 aliphatic carbocycles. The van der Waals surface area contributed by atoms with E-state index in [0.717, 1.165) is 16.8 Å². The number of benzene rings is 1. The average molecular weight is 372 g/mol. The normalized spacial score (nSPS) is 10.8. The average Bonchev–Trinajstić information content (AvgIpc) is 3.11. The minimum absolute atomic E-state index is 0.00949. The standard InChI is InChI=1S/C22H17FN4O/c1-27-14-16(10-20(27)21(28)11-19-7-2-3-8-24-19)17-12-25-22(26-13-17)15-5-4-6-18(23)9-15/h2-10,12-14H,11H2,1H3. The van der Waals surface area contributed by atoms with Crippen LogP contribution in [-0.4, -0.2) is 25.3 Å². The van der Waals surface area contributed by atoms with Gasteiger partial charge in [0.1, 0.15) is 5.82 Å². The second-order valence-electron chi connectivity index (χ2n) is 6.45. The van der Waals surface area contributed by atoms with Gasteiger partial charge in [0.05, 0.1) is 12.1 Å². The molecule has 6 heteroatoms. The van der Waals surface area contributed by atoms with Crippen molar-refractivity contribution in [2.45, 2.75) is 6.42 Å². The van der Waals surface area contributed by atoms with Crippen LogP contribution in [-0.2, 0) is 13.5 Å². The Balaban J connectivity index is 1.57. The van der Waals surface area contributed by atoms with Crippen LogP contribution in [0, 0.1) is 5.82 Å². The molecule has 0 atom stereocenters. The van der Waals surface area contributed by atoms with E-state index in [0.29, 0.717) is 17.1 Å². The molecule has 0 saturated carbocycles. The Hall–Kier alpha value is -3.67. The summed E-state index contributed by atoms with van der Waals surface area (Å²) < 4.78 is 15.2. The van der Waals surface area contributed by atoms with Gasteiger partial charge in [-0.2, -0.15) is 0 Å². The van der Waals surface area contributed by atoms with Crippen LogP contribution in [0.25, 0.3) is 22.5 Å². The van der Waals surface area contributed by atoms with Crippen LogP contribution in [0.4, 0.5) is 4.39 Å². The molecule has 0 saturated heterocycles. The van der Waals surface area contributed by atoms with Gasteiger partial charge in [0.25, 0.3) is 0 Å². The molecule has 5 nitrogen and oxygen atoms in total. The fourth-order valence-electron chi connectivity index (χ4n) is 3.01. The van der Waals surface area contributed by atoms with E-state index in [1.807, 2.05) is 37.5 Å². The highest BCUT2D eigenvalue weighted by Gasteiger charge is 2.14. The van der Waals surface area contributed by atoms with Gasteiger partial charge in [-0.25, -0.2) is 14.4 Å². The van der Waals surface area contributed by atoms with E-state index in [1.165, 1.54) is 12.1 Å². The van der Waals surface area contributed by atoms with Gasteiger partial charge in [-0.1, -0.05) is 18.2 Å². The molecule has 0 amide bonds. The molecular weight excluding hydrogens is 355 g/mol. The summed E-state index contributed by atoms with van der Waals surface area (Å²) >= 11 is 0. The number of nitrogens with zero attached hydrogens (tertiary/aromatic N) is 4. The van der Waals surface area contributed by atoms with Crippen molar-refractivity contribution in [3.8, 4) is 22.5 Å². The molecule has 0 radical (unpaired) electrons. The zero-order valence-corrected chi connectivity index (χ0v) is 15.2. The van der Waals surface area contributed by atoms with Crippen LogP contribution in [0.5, 0.6) is 0 Å². The predicted molar refractivity (Wildman–Crippen MR) is 104 cm³/mol. The number of carbonyl (C=O) groups is 1. The maximum absolute atomic E-state index is 13.4. The van der Waals surface area contributed by atoms with Crippen molar-refractivity contribution in [2.24, 2.45) is 7.05 Å². The van der Waals surface area contributed by atoms with Crippen LogP contribution >= 0.6 is 0 Å². The summed E-state index contributed by atoms with van der Waals surface area (Å²) in [7, 11) is 1.83. The highest BCUT2D eigenvalue weighted by molar-refractivity contribution is 5.97. The minimum atomic E-state index is -0.329. The third-order valence-corrected chi connectivity index (χ3v) is 4.43. The Morgan fingerprint density at radius 3 is 2.50 bits per heavy atom. The van der Waals surface area contributed by atoms with Gasteiger partial charge >= 0.3 is 0 Å². The number of ketones is 1. The Morgan fingerprint density at radius 2 is 1.79 bits per heavy atom. The van der Waals surface area contributed by atoms with E-state index in [9.17, 15) is 9.18 Å². The smallest absolute Gasteiger partial charge is 0.185 e. The maximum atomic E-state index is 13.4. The van der Waals surface area contributed by atoms with Crippen molar-refractivity contribution in [1.29, 1.82) is 0 Å². The highest BCUT2D eigenvalue weighted by Crippen LogP contribution is 2.23. The number of halogens is 1. The molecule has 3 heterocycles. The predicted octanol–water partition coefficient (Wildman–Crippen LogP) is 4.11. The number of aryl methyl sites for hydroxylation is 1. The Bertz CT molecular complexity index is 1120. The lowest BCUT2D eigenvalue weighted by molar-refractivity contribution is 0.0984. The van der Waals surface area contributed by atoms with E-state index in [1.54, 1.807) is 35.3 Å². The van der Waals surface area contributed by atoms with Gasteiger partial charge in [0.2, 0.25) is 0 Å². The number of hydrogen-bond donors (Lipinski definition) is 0. The van der Waals surface area contributed by atoms with Gasteiger partial charge in [-0.15, -0.1) is 0 Å². The molecule has 1 aromatic carbocycles. The maximum Gasteiger partial charge on any atom is 0.185 e. The molecule has 0 fully saturated rings. The van der Waals surface area contributed by atoms with Gasteiger partial charge in [0.15, 0.2) is 11.6 Å². The zero-order chi connectivity index (χ0) is 19.5. The Kier molecular flexibility index (Phi) is 4.76. The fourth-order valence-corrected chi connectivity index (χ4v) is 3.01. The molecule has 0 N–H and O–H groups in total. The molecule has 0 unspecified atom stereocenters. The lowest BCUT2D eigenvalue weighted by Gasteiger charge is -2.02. The second kappa shape index (κ2) is 7.52. The van der Waals surface area contributed by atoms with Crippen LogP contribution in [0.3, 0.4) is 0 Å². The van der Waals surface area contributed by atoms with Crippen molar-refractivity contribution >= 4 is 5.78 Å². The van der Waals surface area contributed by atoms with Crippen molar-refractivity contribution in [3.05, 3.63) is 90.5 Å². The third kappa shape index (κ3) is 3.71. The lowest BCUT2D eigenvalue weighted by Crippen LogP contribution is -2.09. The highest BCUT2D eigenvalue weighted by atomic mass is 19.1. The number of aromatic nitrogens is 4. The molecular formula is C22H17FN4O. The van der Waals surface area contributed by atoms with Crippen molar-refractivity contribution in [3.63, 3.8) is 0 Å². The monoisotopic (exact) mass is 372 g/mol. The van der Waals surface area contributed by atoms with Crippen LogP contribution in [0.2, 0.25) is 0 Å². The molecule has 28 heavy (non-hydrogen) atoms. The van der Waals surface area contributed by atoms with Gasteiger partial charge < -0.3 is 4.57 Å². The van der Waals surface area contributed by atoms with Gasteiger partial charge in [0, 0.05) is 54.2 Å². The first-order valence-electron chi connectivity index (χ1n) is 8.78. The van der Waals surface area contributed by atoms with Crippen molar-refractivity contribution < 1.29 is 9.18 Å². The third-order valence-electron chi connectivity index (χ3n) is 4.43. The summed E-state index contributed by atoms with van der Waals surface area (Å²) in [5.74, 6) is 0.111. The second-order valence-corrected chi connectivity index (χ2v) is 6.45. The molecule has 138 valence electrons.